The first-order valence-electron chi connectivity index (χ1n) is 6.40. The first-order valence-corrected chi connectivity index (χ1v) is 8.22. The molecule has 0 aliphatic carbocycles. The number of amides is 1. The fourth-order valence-electron chi connectivity index (χ4n) is 2.46. The molecule has 5 nitrogen and oxygen atoms in total. The van der Waals surface area contributed by atoms with Crippen molar-refractivity contribution in [3.05, 3.63) is 29.6 Å². The molecule has 0 spiro atoms. The van der Waals surface area contributed by atoms with E-state index < -0.39 is 21.6 Å². The van der Waals surface area contributed by atoms with E-state index in [1.165, 1.54) is 17.0 Å². The summed E-state index contributed by atoms with van der Waals surface area (Å²) >= 11 is 0. The highest BCUT2D eigenvalue weighted by molar-refractivity contribution is 7.91. The van der Waals surface area contributed by atoms with Gasteiger partial charge in [0.15, 0.2) is 9.84 Å². The Balaban J connectivity index is 2.28. The molecule has 1 aromatic rings. The second kappa shape index (κ2) is 5.40. The molecule has 1 heterocycles. The fourth-order valence-corrected chi connectivity index (χ4v) is 4.19. The first kappa shape index (κ1) is 14.8. The van der Waals surface area contributed by atoms with Crippen molar-refractivity contribution >= 4 is 21.4 Å². The number of carbonyl (C=O) groups is 1. The van der Waals surface area contributed by atoms with Crippen LogP contribution in [-0.2, 0) is 9.84 Å². The van der Waals surface area contributed by atoms with Crippen LogP contribution in [0.3, 0.4) is 0 Å². The Kier molecular flexibility index (Phi) is 3.99. The van der Waals surface area contributed by atoms with Gasteiger partial charge in [0.2, 0.25) is 0 Å². The Bertz CT molecular complexity index is 631. The minimum atomic E-state index is -3.08. The molecule has 1 atom stereocenters. The summed E-state index contributed by atoms with van der Waals surface area (Å²) in [5.41, 5.74) is 5.97. The Morgan fingerprint density at radius 1 is 1.50 bits per heavy atom. The standard InChI is InChI=1S/C13H17FN2O3S/c1-2-16(10-5-6-20(18,19)8-10)13(17)11-7-9(14)3-4-12(11)15/h3-4,7,10H,2,5-6,8,15H2,1H3. The summed E-state index contributed by atoms with van der Waals surface area (Å²) in [6, 6.07) is 3.24. The van der Waals surface area contributed by atoms with Crippen LogP contribution in [0.4, 0.5) is 10.1 Å². The van der Waals surface area contributed by atoms with Gasteiger partial charge in [-0.15, -0.1) is 0 Å². The van der Waals surface area contributed by atoms with Gasteiger partial charge < -0.3 is 10.6 Å². The molecule has 0 bridgehead atoms. The molecule has 110 valence electrons. The van der Waals surface area contributed by atoms with E-state index in [0.717, 1.165) is 6.07 Å². The number of rotatable bonds is 3. The third-order valence-corrected chi connectivity index (χ3v) is 5.25. The highest BCUT2D eigenvalue weighted by Gasteiger charge is 2.34. The predicted octanol–water partition coefficient (Wildman–Crippen LogP) is 1.06. The van der Waals surface area contributed by atoms with Gasteiger partial charge in [-0.05, 0) is 31.5 Å². The van der Waals surface area contributed by atoms with Gasteiger partial charge in [0.05, 0.1) is 17.1 Å². The molecule has 0 saturated carbocycles. The molecule has 0 radical (unpaired) electrons. The number of nitrogens with two attached hydrogens (primary N) is 1. The molecule has 7 heteroatoms. The maximum atomic E-state index is 13.3. The lowest BCUT2D eigenvalue weighted by atomic mass is 10.1. The van der Waals surface area contributed by atoms with Gasteiger partial charge in [0.1, 0.15) is 5.82 Å². The maximum absolute atomic E-state index is 13.3. The average molecular weight is 300 g/mol. The number of hydrogen-bond donors (Lipinski definition) is 1. The van der Waals surface area contributed by atoms with Crippen molar-refractivity contribution < 1.29 is 17.6 Å². The summed E-state index contributed by atoms with van der Waals surface area (Å²) in [5, 5.41) is 0. The molecule has 1 unspecified atom stereocenters. The van der Waals surface area contributed by atoms with Crippen LogP contribution in [0.25, 0.3) is 0 Å². The van der Waals surface area contributed by atoms with Gasteiger partial charge in [0.25, 0.3) is 5.91 Å². The zero-order valence-electron chi connectivity index (χ0n) is 11.2. The Labute approximate surface area is 117 Å². The first-order chi connectivity index (χ1) is 9.34. The SMILES string of the molecule is CCN(C(=O)c1cc(F)ccc1N)C1CCS(=O)(=O)C1. The number of hydrogen-bond acceptors (Lipinski definition) is 4. The lowest BCUT2D eigenvalue weighted by molar-refractivity contribution is 0.0709. The molecular formula is C13H17FN2O3S. The van der Waals surface area contributed by atoms with Gasteiger partial charge >= 0.3 is 0 Å². The van der Waals surface area contributed by atoms with Crippen LogP contribution in [-0.4, -0.2) is 43.3 Å². The third kappa shape index (κ3) is 2.92. The van der Waals surface area contributed by atoms with Crippen molar-refractivity contribution in [2.24, 2.45) is 0 Å². The van der Waals surface area contributed by atoms with Gasteiger partial charge in [-0.3, -0.25) is 4.79 Å². The molecule has 1 aliphatic heterocycles. The zero-order valence-corrected chi connectivity index (χ0v) is 12.0. The van der Waals surface area contributed by atoms with Gasteiger partial charge in [-0.2, -0.15) is 0 Å². The van der Waals surface area contributed by atoms with Gasteiger partial charge in [-0.1, -0.05) is 0 Å². The highest BCUT2D eigenvalue weighted by Crippen LogP contribution is 2.22. The van der Waals surface area contributed by atoms with Crippen LogP contribution in [0.1, 0.15) is 23.7 Å². The zero-order chi connectivity index (χ0) is 14.9. The summed E-state index contributed by atoms with van der Waals surface area (Å²) < 4.78 is 36.3. The van der Waals surface area contributed by atoms with Crippen LogP contribution in [0, 0.1) is 5.82 Å². The largest absolute Gasteiger partial charge is 0.398 e. The lowest BCUT2D eigenvalue weighted by Gasteiger charge is -2.27. The number of carbonyl (C=O) groups excluding carboxylic acids is 1. The molecule has 0 aromatic heterocycles. The van der Waals surface area contributed by atoms with Crippen LogP contribution < -0.4 is 5.73 Å². The summed E-state index contributed by atoms with van der Waals surface area (Å²) in [6.45, 7) is 2.12. The second-order valence-corrected chi connectivity index (χ2v) is 7.11. The topological polar surface area (TPSA) is 80.5 Å². The number of nitrogen functional groups attached to an aromatic ring is 1. The second-order valence-electron chi connectivity index (χ2n) is 4.88. The fraction of sp³-hybridized carbons (Fsp3) is 0.462. The highest BCUT2D eigenvalue weighted by atomic mass is 32.2. The number of benzene rings is 1. The van der Waals surface area contributed by atoms with E-state index in [4.69, 9.17) is 5.73 Å². The van der Waals surface area contributed by atoms with Crippen molar-refractivity contribution in [1.29, 1.82) is 0 Å². The molecule has 2 N–H and O–H groups in total. The molecule has 1 aliphatic rings. The minimum Gasteiger partial charge on any atom is -0.398 e. The Hall–Kier alpha value is -1.63. The van der Waals surface area contributed by atoms with Crippen molar-refractivity contribution in [3.8, 4) is 0 Å². The summed E-state index contributed by atoms with van der Waals surface area (Å²) in [7, 11) is -3.08. The number of sulfone groups is 1. The summed E-state index contributed by atoms with van der Waals surface area (Å²) in [4.78, 5) is 13.9. The lowest BCUT2D eigenvalue weighted by Crippen LogP contribution is -2.41. The predicted molar refractivity (Wildman–Crippen MR) is 74.6 cm³/mol. The molecule has 2 rings (SSSR count). The van der Waals surface area contributed by atoms with E-state index in [1.807, 2.05) is 0 Å². The van der Waals surface area contributed by atoms with Crippen molar-refractivity contribution in [2.45, 2.75) is 19.4 Å². The molecule has 1 saturated heterocycles. The van der Waals surface area contributed by atoms with E-state index in [9.17, 15) is 17.6 Å². The molecule has 1 fully saturated rings. The van der Waals surface area contributed by atoms with E-state index in [2.05, 4.69) is 0 Å². The summed E-state index contributed by atoms with van der Waals surface area (Å²) in [5.74, 6) is -0.925. The Morgan fingerprint density at radius 2 is 2.20 bits per heavy atom. The molecule has 20 heavy (non-hydrogen) atoms. The van der Waals surface area contributed by atoms with Crippen LogP contribution in [0.2, 0.25) is 0 Å². The van der Waals surface area contributed by atoms with E-state index in [-0.39, 0.29) is 28.8 Å². The third-order valence-electron chi connectivity index (χ3n) is 3.50. The molecule has 1 amide bonds. The normalized spacial score (nSPS) is 20.8. The number of halogens is 1. The maximum Gasteiger partial charge on any atom is 0.256 e. The van der Waals surface area contributed by atoms with Crippen LogP contribution >= 0.6 is 0 Å². The molecule has 1 aromatic carbocycles. The van der Waals surface area contributed by atoms with E-state index >= 15 is 0 Å². The Morgan fingerprint density at radius 3 is 2.75 bits per heavy atom. The van der Waals surface area contributed by atoms with Gasteiger partial charge in [0, 0.05) is 18.3 Å². The minimum absolute atomic E-state index is 0.0399. The summed E-state index contributed by atoms with van der Waals surface area (Å²) in [6.07, 6.45) is 0.414. The average Bonchev–Trinajstić information content (AvgIpc) is 2.73. The van der Waals surface area contributed by atoms with Gasteiger partial charge in [-0.25, -0.2) is 12.8 Å². The van der Waals surface area contributed by atoms with E-state index in [0.29, 0.717) is 13.0 Å². The van der Waals surface area contributed by atoms with Crippen LogP contribution in [0.5, 0.6) is 0 Å². The van der Waals surface area contributed by atoms with Crippen LogP contribution in [0.15, 0.2) is 18.2 Å². The molecular weight excluding hydrogens is 283 g/mol. The van der Waals surface area contributed by atoms with Crippen molar-refractivity contribution in [2.75, 3.05) is 23.8 Å². The number of nitrogens with zero attached hydrogens (tertiary/aromatic N) is 1. The van der Waals surface area contributed by atoms with E-state index in [1.54, 1.807) is 6.92 Å². The quantitative estimate of drug-likeness (QED) is 0.846. The van der Waals surface area contributed by atoms with Crippen molar-refractivity contribution in [1.82, 2.24) is 4.90 Å². The smallest absolute Gasteiger partial charge is 0.256 e. The van der Waals surface area contributed by atoms with Crippen molar-refractivity contribution in [3.63, 3.8) is 0 Å². The number of anilines is 1. The monoisotopic (exact) mass is 300 g/mol.